The molecule has 2 heteroatoms. The SMILES string of the molecule is Cc1cc(C)cc(-c2ccc(-c3cccc(-c4ccc(-n5c6ccccc6c6cc(-c7ccc8c(c7)c7ccccc7n8-c7ccccc7)ccc65)cc4)c3)cc2)c1. The van der Waals surface area contributed by atoms with Crippen molar-refractivity contribution in [2.75, 3.05) is 0 Å². The summed E-state index contributed by atoms with van der Waals surface area (Å²) < 4.78 is 4.78. The summed E-state index contributed by atoms with van der Waals surface area (Å²) >= 11 is 0. The Morgan fingerprint density at radius 2 is 0.638 bits per heavy atom. The molecular weight excluding hydrogens is 701 g/mol. The molecule has 0 aliphatic carbocycles. The van der Waals surface area contributed by atoms with Crippen molar-refractivity contribution in [3.05, 3.63) is 217 Å². The standard InChI is InChI=1S/C56H40N2/c1-37-31-38(2)33-46(32-37)41-21-19-39(20-22-41)42-11-10-12-43(34-42)40-23-27-48(28-24-40)58-54-18-9-7-16-50(54)52-36-45(26-30-56(52)58)44-25-29-55-51(35-44)49-15-6-8-17-53(49)57(55)47-13-4-3-5-14-47/h3-36H,1-2H3. The fraction of sp³-hybridized carbons (Fsp3) is 0.0357. The van der Waals surface area contributed by atoms with E-state index in [-0.39, 0.29) is 0 Å². The molecule has 274 valence electrons. The molecule has 0 aliphatic heterocycles. The van der Waals surface area contributed by atoms with Crippen molar-refractivity contribution in [1.82, 2.24) is 9.13 Å². The minimum atomic E-state index is 1.15. The molecule has 0 radical (unpaired) electrons. The molecule has 2 nitrogen and oxygen atoms in total. The van der Waals surface area contributed by atoms with E-state index in [0.29, 0.717) is 0 Å². The third kappa shape index (κ3) is 5.73. The highest BCUT2D eigenvalue weighted by atomic mass is 15.0. The van der Waals surface area contributed by atoms with E-state index in [0.717, 1.165) is 5.69 Å². The molecule has 11 rings (SSSR count). The highest BCUT2D eigenvalue weighted by Crippen LogP contribution is 2.39. The van der Waals surface area contributed by atoms with E-state index in [1.54, 1.807) is 0 Å². The minimum Gasteiger partial charge on any atom is -0.309 e. The van der Waals surface area contributed by atoms with Crippen LogP contribution in [0.4, 0.5) is 0 Å². The van der Waals surface area contributed by atoms with Crippen LogP contribution in [0.15, 0.2) is 206 Å². The van der Waals surface area contributed by atoms with Crippen molar-refractivity contribution in [1.29, 1.82) is 0 Å². The lowest BCUT2D eigenvalue weighted by molar-refractivity contribution is 1.18. The fourth-order valence-corrected chi connectivity index (χ4v) is 9.12. The lowest BCUT2D eigenvalue weighted by Crippen LogP contribution is -1.94. The number of aryl methyl sites for hydroxylation is 2. The summed E-state index contributed by atoms with van der Waals surface area (Å²) in [4.78, 5) is 0. The zero-order valence-electron chi connectivity index (χ0n) is 32.5. The molecular formula is C56H40N2. The lowest BCUT2D eigenvalue weighted by atomic mass is 9.96. The van der Waals surface area contributed by atoms with Gasteiger partial charge in [-0.3, -0.25) is 0 Å². The van der Waals surface area contributed by atoms with Gasteiger partial charge in [-0.2, -0.15) is 0 Å². The van der Waals surface area contributed by atoms with Gasteiger partial charge in [0.15, 0.2) is 0 Å². The Kier molecular flexibility index (Phi) is 7.97. The average Bonchev–Trinajstić information content (AvgIpc) is 3.79. The summed E-state index contributed by atoms with van der Waals surface area (Å²) in [6, 6.07) is 75.7. The predicted octanol–water partition coefficient (Wildman–Crippen LogP) is 15.2. The van der Waals surface area contributed by atoms with Gasteiger partial charge in [-0.25, -0.2) is 0 Å². The maximum absolute atomic E-state index is 2.41. The number of hydrogen-bond acceptors (Lipinski definition) is 0. The van der Waals surface area contributed by atoms with Gasteiger partial charge >= 0.3 is 0 Å². The van der Waals surface area contributed by atoms with Crippen molar-refractivity contribution in [3.63, 3.8) is 0 Å². The van der Waals surface area contributed by atoms with Crippen molar-refractivity contribution >= 4 is 43.6 Å². The Balaban J connectivity index is 0.936. The Morgan fingerprint density at radius 1 is 0.241 bits per heavy atom. The van der Waals surface area contributed by atoms with Gasteiger partial charge in [0.2, 0.25) is 0 Å². The summed E-state index contributed by atoms with van der Waals surface area (Å²) in [5, 5.41) is 5.02. The maximum Gasteiger partial charge on any atom is 0.0541 e. The molecule has 0 amide bonds. The largest absolute Gasteiger partial charge is 0.309 e. The third-order valence-corrected chi connectivity index (χ3v) is 11.8. The minimum absolute atomic E-state index is 1.15. The highest BCUT2D eigenvalue weighted by molar-refractivity contribution is 6.12. The Labute approximate surface area is 338 Å². The lowest BCUT2D eigenvalue weighted by Gasteiger charge is -2.11. The van der Waals surface area contributed by atoms with Gasteiger partial charge in [0.25, 0.3) is 0 Å². The number of fused-ring (bicyclic) bond motifs is 6. The first kappa shape index (κ1) is 33.9. The Morgan fingerprint density at radius 3 is 1.17 bits per heavy atom. The first-order chi connectivity index (χ1) is 28.6. The summed E-state index contributed by atoms with van der Waals surface area (Å²) in [7, 11) is 0. The monoisotopic (exact) mass is 740 g/mol. The molecule has 58 heavy (non-hydrogen) atoms. The third-order valence-electron chi connectivity index (χ3n) is 11.8. The maximum atomic E-state index is 2.41. The molecule has 2 aromatic heterocycles. The molecule has 0 unspecified atom stereocenters. The molecule has 0 atom stereocenters. The molecule has 0 aliphatic rings. The van der Waals surface area contributed by atoms with Crippen LogP contribution >= 0.6 is 0 Å². The van der Waals surface area contributed by atoms with Crippen LogP contribution < -0.4 is 0 Å². The van der Waals surface area contributed by atoms with E-state index in [9.17, 15) is 0 Å². The number of para-hydroxylation sites is 3. The van der Waals surface area contributed by atoms with Gasteiger partial charge in [-0.05, 0) is 125 Å². The van der Waals surface area contributed by atoms with Gasteiger partial charge in [0.05, 0.1) is 22.1 Å². The molecule has 0 spiro atoms. The topological polar surface area (TPSA) is 9.86 Å². The Hall–Kier alpha value is -7.42. The highest BCUT2D eigenvalue weighted by Gasteiger charge is 2.16. The Bertz CT molecular complexity index is 3310. The average molecular weight is 741 g/mol. The van der Waals surface area contributed by atoms with Crippen molar-refractivity contribution in [2.24, 2.45) is 0 Å². The van der Waals surface area contributed by atoms with Crippen LogP contribution in [0, 0.1) is 13.8 Å². The van der Waals surface area contributed by atoms with E-state index in [2.05, 4.69) is 229 Å². The smallest absolute Gasteiger partial charge is 0.0541 e. The van der Waals surface area contributed by atoms with Crippen LogP contribution in [-0.4, -0.2) is 9.13 Å². The first-order valence-electron chi connectivity index (χ1n) is 20.1. The summed E-state index contributed by atoms with van der Waals surface area (Å²) in [6.07, 6.45) is 0. The zero-order valence-corrected chi connectivity index (χ0v) is 32.5. The number of rotatable bonds is 6. The summed E-state index contributed by atoms with van der Waals surface area (Å²) in [5.74, 6) is 0. The van der Waals surface area contributed by atoms with Crippen LogP contribution in [0.3, 0.4) is 0 Å². The number of aromatic nitrogens is 2. The van der Waals surface area contributed by atoms with E-state index < -0.39 is 0 Å². The van der Waals surface area contributed by atoms with Crippen LogP contribution in [0.5, 0.6) is 0 Å². The molecule has 0 saturated carbocycles. The molecule has 9 aromatic carbocycles. The fourth-order valence-electron chi connectivity index (χ4n) is 9.12. The molecule has 2 heterocycles. The number of nitrogens with zero attached hydrogens (tertiary/aromatic N) is 2. The number of hydrogen-bond donors (Lipinski definition) is 0. The van der Waals surface area contributed by atoms with Gasteiger partial charge in [0.1, 0.15) is 0 Å². The second kappa shape index (κ2) is 13.7. The molecule has 0 N–H and O–H groups in total. The zero-order chi connectivity index (χ0) is 38.7. The van der Waals surface area contributed by atoms with E-state index in [1.165, 1.54) is 105 Å². The van der Waals surface area contributed by atoms with Gasteiger partial charge in [-0.1, -0.05) is 151 Å². The van der Waals surface area contributed by atoms with E-state index >= 15 is 0 Å². The molecule has 0 saturated heterocycles. The molecule has 11 aromatic rings. The van der Waals surface area contributed by atoms with Crippen molar-refractivity contribution in [3.8, 4) is 55.9 Å². The quantitative estimate of drug-likeness (QED) is 0.161. The summed E-state index contributed by atoms with van der Waals surface area (Å²) in [5.41, 5.74) is 19.5. The van der Waals surface area contributed by atoms with Crippen LogP contribution in [0.1, 0.15) is 11.1 Å². The molecule has 0 fully saturated rings. The second-order valence-electron chi connectivity index (χ2n) is 15.6. The van der Waals surface area contributed by atoms with Crippen LogP contribution in [0.25, 0.3) is 99.5 Å². The van der Waals surface area contributed by atoms with Gasteiger partial charge in [-0.15, -0.1) is 0 Å². The van der Waals surface area contributed by atoms with Crippen LogP contribution in [-0.2, 0) is 0 Å². The van der Waals surface area contributed by atoms with E-state index in [4.69, 9.17) is 0 Å². The van der Waals surface area contributed by atoms with Crippen LogP contribution in [0.2, 0.25) is 0 Å². The van der Waals surface area contributed by atoms with E-state index in [1.807, 2.05) is 0 Å². The van der Waals surface area contributed by atoms with Crippen molar-refractivity contribution in [2.45, 2.75) is 13.8 Å². The van der Waals surface area contributed by atoms with Crippen molar-refractivity contribution < 1.29 is 0 Å². The van der Waals surface area contributed by atoms with Gasteiger partial charge < -0.3 is 9.13 Å². The molecule has 0 bridgehead atoms. The first-order valence-corrected chi connectivity index (χ1v) is 20.1. The summed E-state index contributed by atoms with van der Waals surface area (Å²) in [6.45, 7) is 4.33. The predicted molar refractivity (Wildman–Crippen MR) is 246 cm³/mol. The normalized spacial score (nSPS) is 11.6. The van der Waals surface area contributed by atoms with Gasteiger partial charge in [0, 0.05) is 32.9 Å². The second-order valence-corrected chi connectivity index (χ2v) is 15.6. The number of benzene rings is 9.